The molecule has 0 amide bonds. The van der Waals surface area contributed by atoms with Crippen molar-refractivity contribution in [1.29, 1.82) is 0 Å². The second kappa shape index (κ2) is 8.74. The van der Waals surface area contributed by atoms with Gasteiger partial charge in [-0.15, -0.1) is 0 Å². The highest BCUT2D eigenvalue weighted by molar-refractivity contribution is 5.93. The minimum Gasteiger partial charge on any atom is -0.477 e. The van der Waals surface area contributed by atoms with Gasteiger partial charge in [0.15, 0.2) is 0 Å². The smallest absolute Gasteiger partial charge is 0.341 e. The van der Waals surface area contributed by atoms with Gasteiger partial charge < -0.3 is 19.1 Å². The van der Waals surface area contributed by atoms with E-state index in [9.17, 15) is 14.7 Å². The number of para-hydroxylation sites is 2. The molecule has 1 aliphatic heterocycles. The Balaban J connectivity index is 1.26. The Morgan fingerprint density at radius 1 is 1.11 bits per heavy atom. The van der Waals surface area contributed by atoms with Gasteiger partial charge in [0, 0.05) is 50.3 Å². The van der Waals surface area contributed by atoms with Crippen LogP contribution < -0.4 is 10.3 Å². The lowest BCUT2D eigenvalue weighted by molar-refractivity contribution is 0.0695. The number of carbonyl (C=O) groups is 1. The number of fused-ring (bicyclic) bond motifs is 2. The number of carboxylic acid groups (broad SMARTS) is 1. The summed E-state index contributed by atoms with van der Waals surface area (Å²) in [6.45, 7) is 6.53. The molecule has 0 bridgehead atoms. The average Bonchev–Trinajstić information content (AvgIpc) is 3.65. The zero-order chi connectivity index (χ0) is 25.0. The predicted molar refractivity (Wildman–Crippen MR) is 136 cm³/mol. The number of piperazine rings is 1. The van der Waals surface area contributed by atoms with Crippen LogP contribution in [-0.4, -0.2) is 56.3 Å². The summed E-state index contributed by atoms with van der Waals surface area (Å²) >= 11 is 0. The Bertz CT molecular complexity index is 1550. The van der Waals surface area contributed by atoms with E-state index in [4.69, 9.17) is 4.98 Å². The number of carboxylic acids is 1. The molecule has 0 spiro atoms. The SMILES string of the molecule is CCn1c(CN2CCN(c3cc4c(cc3F)c(=O)c(C(=O)O)cn4C3CC3)CC2)nc2ccccc21. The van der Waals surface area contributed by atoms with Crippen LogP contribution in [-0.2, 0) is 13.1 Å². The van der Waals surface area contributed by atoms with Crippen LogP contribution in [0.25, 0.3) is 21.9 Å². The second-order valence-corrected chi connectivity index (χ2v) is 9.66. The average molecular weight is 490 g/mol. The van der Waals surface area contributed by atoms with Crippen molar-refractivity contribution in [1.82, 2.24) is 19.0 Å². The molecule has 186 valence electrons. The first-order chi connectivity index (χ1) is 17.4. The summed E-state index contributed by atoms with van der Waals surface area (Å²) in [5.74, 6) is -0.744. The van der Waals surface area contributed by atoms with Gasteiger partial charge in [0.05, 0.1) is 28.8 Å². The molecule has 1 saturated heterocycles. The molecule has 36 heavy (non-hydrogen) atoms. The highest BCUT2D eigenvalue weighted by atomic mass is 19.1. The van der Waals surface area contributed by atoms with Crippen molar-refractivity contribution in [3.8, 4) is 0 Å². The van der Waals surface area contributed by atoms with Crippen molar-refractivity contribution in [2.75, 3.05) is 31.1 Å². The van der Waals surface area contributed by atoms with Crippen LogP contribution in [0.2, 0.25) is 0 Å². The van der Waals surface area contributed by atoms with E-state index < -0.39 is 17.2 Å². The highest BCUT2D eigenvalue weighted by Crippen LogP contribution is 2.38. The second-order valence-electron chi connectivity index (χ2n) is 9.66. The summed E-state index contributed by atoms with van der Waals surface area (Å²) in [5.41, 5.74) is 2.25. The first kappa shape index (κ1) is 22.7. The van der Waals surface area contributed by atoms with Crippen LogP contribution in [0.4, 0.5) is 10.1 Å². The summed E-state index contributed by atoms with van der Waals surface area (Å²) in [5, 5.41) is 9.58. The maximum Gasteiger partial charge on any atom is 0.341 e. The molecule has 2 aromatic heterocycles. The number of aryl methyl sites for hydroxylation is 1. The lowest BCUT2D eigenvalue weighted by atomic mass is 10.1. The topological polar surface area (TPSA) is 83.6 Å². The number of nitrogens with zero attached hydrogens (tertiary/aromatic N) is 5. The van der Waals surface area contributed by atoms with Crippen LogP contribution in [0.15, 0.2) is 47.4 Å². The number of imidazole rings is 1. The van der Waals surface area contributed by atoms with Crippen molar-refractivity contribution in [2.24, 2.45) is 0 Å². The van der Waals surface area contributed by atoms with Gasteiger partial charge in [0.25, 0.3) is 0 Å². The maximum absolute atomic E-state index is 15.3. The van der Waals surface area contributed by atoms with Crippen molar-refractivity contribution in [3.63, 3.8) is 0 Å². The maximum atomic E-state index is 15.3. The summed E-state index contributed by atoms with van der Waals surface area (Å²) in [4.78, 5) is 33.5. The van der Waals surface area contributed by atoms with E-state index in [2.05, 4.69) is 22.5 Å². The Morgan fingerprint density at radius 2 is 1.86 bits per heavy atom. The molecule has 2 fully saturated rings. The monoisotopic (exact) mass is 489 g/mol. The molecule has 3 heterocycles. The largest absolute Gasteiger partial charge is 0.477 e. The highest BCUT2D eigenvalue weighted by Gasteiger charge is 2.28. The van der Waals surface area contributed by atoms with E-state index in [0.717, 1.165) is 55.9 Å². The number of hydrogen-bond acceptors (Lipinski definition) is 5. The Morgan fingerprint density at radius 3 is 2.56 bits per heavy atom. The van der Waals surface area contributed by atoms with E-state index in [1.54, 1.807) is 6.07 Å². The lowest BCUT2D eigenvalue weighted by Gasteiger charge is -2.36. The molecule has 0 radical (unpaired) electrons. The zero-order valence-corrected chi connectivity index (χ0v) is 20.2. The fourth-order valence-electron chi connectivity index (χ4n) is 5.35. The van der Waals surface area contributed by atoms with E-state index in [1.807, 2.05) is 27.7 Å². The quantitative estimate of drug-likeness (QED) is 0.443. The normalized spacial score (nSPS) is 16.8. The van der Waals surface area contributed by atoms with Crippen molar-refractivity contribution in [2.45, 2.75) is 38.9 Å². The third-order valence-electron chi connectivity index (χ3n) is 7.40. The van der Waals surface area contributed by atoms with Gasteiger partial charge in [0.1, 0.15) is 17.2 Å². The molecule has 1 saturated carbocycles. The molecule has 1 aliphatic carbocycles. The number of benzene rings is 2. The number of pyridine rings is 1. The summed E-state index contributed by atoms with van der Waals surface area (Å²) in [6.07, 6.45) is 3.26. The standard InChI is InChI=1S/C27H28FN5O3/c1-2-32-22-6-4-3-5-21(22)29-25(32)16-30-9-11-31(12-10-30)24-14-23-18(13-20(24)28)26(34)19(27(35)36)15-33(23)17-7-8-17/h3-6,13-15,17H,2,7-12,16H2,1H3,(H,35,36). The van der Waals surface area contributed by atoms with Gasteiger partial charge in [0.2, 0.25) is 5.43 Å². The number of aromatic nitrogens is 3. The molecule has 8 nitrogen and oxygen atoms in total. The molecule has 9 heteroatoms. The minimum atomic E-state index is -1.28. The molecule has 2 aromatic carbocycles. The van der Waals surface area contributed by atoms with Crippen LogP contribution in [0, 0.1) is 5.82 Å². The van der Waals surface area contributed by atoms with E-state index >= 15 is 4.39 Å². The van der Waals surface area contributed by atoms with Gasteiger partial charge in [-0.2, -0.15) is 0 Å². The number of hydrogen-bond donors (Lipinski definition) is 1. The Labute approximate surface area is 207 Å². The van der Waals surface area contributed by atoms with Crippen LogP contribution in [0.5, 0.6) is 0 Å². The number of aromatic carboxylic acids is 1. The molecular weight excluding hydrogens is 461 g/mol. The van der Waals surface area contributed by atoms with Crippen molar-refractivity contribution in [3.05, 3.63) is 70.0 Å². The Hall–Kier alpha value is -3.72. The van der Waals surface area contributed by atoms with E-state index in [-0.39, 0.29) is 17.0 Å². The molecular formula is C27H28FN5O3. The van der Waals surface area contributed by atoms with Gasteiger partial charge in [-0.25, -0.2) is 14.2 Å². The van der Waals surface area contributed by atoms with Gasteiger partial charge in [-0.3, -0.25) is 9.69 Å². The van der Waals surface area contributed by atoms with Crippen molar-refractivity contribution < 1.29 is 14.3 Å². The van der Waals surface area contributed by atoms with Gasteiger partial charge >= 0.3 is 5.97 Å². The Kier molecular flexibility index (Phi) is 5.52. The van der Waals surface area contributed by atoms with Crippen LogP contribution >= 0.6 is 0 Å². The summed E-state index contributed by atoms with van der Waals surface area (Å²) < 4.78 is 19.3. The van der Waals surface area contributed by atoms with Crippen LogP contribution in [0.1, 0.15) is 42.0 Å². The molecule has 0 unspecified atom stereocenters. The third kappa shape index (κ3) is 3.83. The zero-order valence-electron chi connectivity index (χ0n) is 20.2. The fraction of sp³-hybridized carbons (Fsp3) is 0.370. The number of rotatable bonds is 6. The molecule has 2 aliphatic rings. The summed E-state index contributed by atoms with van der Waals surface area (Å²) in [6, 6.07) is 11.3. The van der Waals surface area contributed by atoms with Gasteiger partial charge in [-0.05, 0) is 44.0 Å². The molecule has 0 atom stereocenters. The first-order valence-corrected chi connectivity index (χ1v) is 12.5. The van der Waals surface area contributed by atoms with Crippen molar-refractivity contribution >= 4 is 33.6 Å². The van der Waals surface area contributed by atoms with Crippen LogP contribution in [0.3, 0.4) is 0 Å². The molecule has 6 rings (SSSR count). The molecule has 4 aromatic rings. The summed E-state index contributed by atoms with van der Waals surface area (Å²) in [7, 11) is 0. The fourth-order valence-corrected chi connectivity index (χ4v) is 5.35. The predicted octanol–water partition coefficient (Wildman–Crippen LogP) is 3.87. The first-order valence-electron chi connectivity index (χ1n) is 12.5. The minimum absolute atomic E-state index is 0.125. The number of anilines is 1. The van der Waals surface area contributed by atoms with E-state index in [0.29, 0.717) is 24.3 Å². The lowest BCUT2D eigenvalue weighted by Crippen LogP contribution is -2.46. The molecule has 1 N–H and O–H groups in total. The number of halogens is 1. The third-order valence-corrected chi connectivity index (χ3v) is 7.40. The van der Waals surface area contributed by atoms with E-state index in [1.165, 1.54) is 12.3 Å². The van der Waals surface area contributed by atoms with Gasteiger partial charge in [-0.1, -0.05) is 12.1 Å².